The van der Waals surface area contributed by atoms with E-state index in [1.807, 2.05) is 19.0 Å². The third-order valence-corrected chi connectivity index (χ3v) is 5.59. The highest BCUT2D eigenvalue weighted by molar-refractivity contribution is 7.92. The molecular weight excluding hydrogens is 242 g/mol. The minimum Gasteiger partial charge on any atom is -0.481 e. The van der Waals surface area contributed by atoms with Crippen molar-refractivity contribution in [3.8, 4) is 0 Å². The van der Waals surface area contributed by atoms with Crippen LogP contribution in [0, 0.1) is 5.92 Å². The Labute approximate surface area is 103 Å². The molecule has 0 aliphatic heterocycles. The van der Waals surface area contributed by atoms with Crippen LogP contribution >= 0.6 is 0 Å². The second-order valence-electron chi connectivity index (χ2n) is 4.98. The number of aliphatic carboxylic acids is 1. The van der Waals surface area contributed by atoms with Gasteiger partial charge in [-0.25, -0.2) is 8.42 Å². The van der Waals surface area contributed by atoms with E-state index in [0.717, 1.165) is 0 Å². The van der Waals surface area contributed by atoms with Gasteiger partial charge in [0.15, 0.2) is 9.84 Å². The van der Waals surface area contributed by atoms with E-state index in [4.69, 9.17) is 5.11 Å². The zero-order chi connectivity index (χ0) is 13.1. The van der Waals surface area contributed by atoms with E-state index >= 15 is 0 Å². The molecule has 0 atom stereocenters. The summed E-state index contributed by atoms with van der Waals surface area (Å²) < 4.78 is 24.0. The van der Waals surface area contributed by atoms with Crippen molar-refractivity contribution < 1.29 is 18.3 Å². The van der Waals surface area contributed by atoms with Crippen LogP contribution < -0.4 is 0 Å². The number of carboxylic acid groups (broad SMARTS) is 1. The molecule has 0 aromatic heterocycles. The Morgan fingerprint density at radius 3 is 2.18 bits per heavy atom. The van der Waals surface area contributed by atoms with Crippen LogP contribution in [0.2, 0.25) is 0 Å². The van der Waals surface area contributed by atoms with Crippen LogP contribution in [0.5, 0.6) is 0 Å². The quantitative estimate of drug-likeness (QED) is 0.786. The average Bonchev–Trinajstić information content (AvgIpc) is 2.27. The third kappa shape index (κ3) is 4.27. The molecule has 0 heterocycles. The lowest BCUT2D eigenvalue weighted by Gasteiger charge is -2.26. The molecule has 1 aliphatic rings. The summed E-state index contributed by atoms with van der Waals surface area (Å²) in [4.78, 5) is 12.6. The molecule has 1 N–H and O–H groups in total. The smallest absolute Gasteiger partial charge is 0.306 e. The van der Waals surface area contributed by atoms with E-state index in [2.05, 4.69) is 0 Å². The molecule has 0 saturated heterocycles. The molecule has 0 aromatic carbocycles. The summed E-state index contributed by atoms with van der Waals surface area (Å²) in [5.41, 5.74) is 0. The SMILES string of the molecule is CN(C)CCS(=O)(=O)C1CCC(C(=O)O)CC1. The fraction of sp³-hybridized carbons (Fsp3) is 0.909. The van der Waals surface area contributed by atoms with Crippen molar-refractivity contribution in [2.24, 2.45) is 5.92 Å². The monoisotopic (exact) mass is 263 g/mol. The molecule has 0 amide bonds. The molecule has 100 valence electrons. The van der Waals surface area contributed by atoms with Crippen LogP contribution in [0.25, 0.3) is 0 Å². The highest BCUT2D eigenvalue weighted by Gasteiger charge is 2.32. The summed E-state index contributed by atoms with van der Waals surface area (Å²) in [5, 5.41) is 8.51. The number of nitrogens with zero attached hydrogens (tertiary/aromatic N) is 1. The molecule has 0 bridgehead atoms. The van der Waals surface area contributed by atoms with Crippen molar-refractivity contribution >= 4 is 15.8 Å². The zero-order valence-electron chi connectivity index (χ0n) is 10.4. The summed E-state index contributed by atoms with van der Waals surface area (Å²) >= 11 is 0. The van der Waals surface area contributed by atoms with Gasteiger partial charge in [0.05, 0.1) is 16.9 Å². The normalized spacial score (nSPS) is 26.1. The summed E-state index contributed by atoms with van der Waals surface area (Å²) in [6, 6.07) is 0. The number of carbonyl (C=O) groups is 1. The Balaban J connectivity index is 2.50. The van der Waals surface area contributed by atoms with E-state index in [-0.39, 0.29) is 16.9 Å². The predicted molar refractivity (Wildman–Crippen MR) is 65.7 cm³/mol. The first-order valence-electron chi connectivity index (χ1n) is 5.92. The summed E-state index contributed by atoms with van der Waals surface area (Å²) in [5.74, 6) is -0.980. The average molecular weight is 263 g/mol. The van der Waals surface area contributed by atoms with Gasteiger partial charge in [-0.2, -0.15) is 0 Å². The minimum absolute atomic E-state index is 0.169. The lowest BCUT2D eigenvalue weighted by molar-refractivity contribution is -0.142. The largest absolute Gasteiger partial charge is 0.481 e. The van der Waals surface area contributed by atoms with Crippen LogP contribution in [0.1, 0.15) is 25.7 Å². The van der Waals surface area contributed by atoms with Crippen LogP contribution in [0.3, 0.4) is 0 Å². The van der Waals surface area contributed by atoms with Crippen LogP contribution in [-0.4, -0.2) is 56.0 Å². The van der Waals surface area contributed by atoms with Gasteiger partial charge in [-0.15, -0.1) is 0 Å². The van der Waals surface area contributed by atoms with Gasteiger partial charge in [0, 0.05) is 6.54 Å². The van der Waals surface area contributed by atoms with E-state index in [0.29, 0.717) is 32.2 Å². The van der Waals surface area contributed by atoms with Crippen molar-refractivity contribution in [1.82, 2.24) is 4.90 Å². The van der Waals surface area contributed by atoms with Gasteiger partial charge < -0.3 is 10.0 Å². The van der Waals surface area contributed by atoms with Gasteiger partial charge in [-0.3, -0.25) is 4.79 Å². The maximum absolute atomic E-state index is 12.0. The highest BCUT2D eigenvalue weighted by Crippen LogP contribution is 2.29. The van der Waals surface area contributed by atoms with Gasteiger partial charge in [0.1, 0.15) is 0 Å². The topological polar surface area (TPSA) is 74.7 Å². The van der Waals surface area contributed by atoms with E-state index < -0.39 is 15.8 Å². The Morgan fingerprint density at radius 2 is 1.76 bits per heavy atom. The number of hydrogen-bond donors (Lipinski definition) is 1. The highest BCUT2D eigenvalue weighted by atomic mass is 32.2. The molecule has 0 spiro atoms. The fourth-order valence-electron chi connectivity index (χ4n) is 2.15. The Bertz CT molecular complexity index is 356. The van der Waals surface area contributed by atoms with Gasteiger partial charge in [0.25, 0.3) is 0 Å². The van der Waals surface area contributed by atoms with Gasteiger partial charge in [0.2, 0.25) is 0 Å². The third-order valence-electron chi connectivity index (χ3n) is 3.35. The summed E-state index contributed by atoms with van der Waals surface area (Å²) in [6.07, 6.45) is 1.96. The Morgan fingerprint density at radius 1 is 1.24 bits per heavy atom. The standard InChI is InChI=1S/C11H21NO4S/c1-12(2)7-8-17(15,16)10-5-3-9(4-6-10)11(13)14/h9-10H,3-8H2,1-2H3,(H,13,14). The molecular formula is C11H21NO4S. The summed E-state index contributed by atoms with van der Waals surface area (Å²) in [6.45, 7) is 0.529. The molecule has 17 heavy (non-hydrogen) atoms. The molecule has 6 heteroatoms. The van der Waals surface area contributed by atoms with Gasteiger partial charge >= 0.3 is 5.97 Å². The molecule has 1 saturated carbocycles. The molecule has 0 radical (unpaired) electrons. The van der Waals surface area contributed by atoms with Crippen molar-refractivity contribution in [3.63, 3.8) is 0 Å². The van der Waals surface area contributed by atoms with Crippen LogP contribution in [0.15, 0.2) is 0 Å². The zero-order valence-corrected chi connectivity index (χ0v) is 11.2. The molecule has 1 aliphatic carbocycles. The summed E-state index contributed by atoms with van der Waals surface area (Å²) in [7, 11) is 0.626. The molecule has 0 unspecified atom stereocenters. The lowest BCUT2D eigenvalue weighted by atomic mass is 9.89. The van der Waals surface area contributed by atoms with Crippen molar-refractivity contribution in [3.05, 3.63) is 0 Å². The van der Waals surface area contributed by atoms with E-state index in [1.165, 1.54) is 0 Å². The van der Waals surface area contributed by atoms with Crippen molar-refractivity contribution in [1.29, 1.82) is 0 Å². The second-order valence-corrected chi connectivity index (χ2v) is 7.38. The Kier molecular flexibility index (Phi) is 4.94. The van der Waals surface area contributed by atoms with Crippen LogP contribution in [-0.2, 0) is 14.6 Å². The van der Waals surface area contributed by atoms with Gasteiger partial charge in [-0.05, 0) is 39.8 Å². The lowest BCUT2D eigenvalue weighted by Crippen LogP contribution is -2.34. The van der Waals surface area contributed by atoms with Gasteiger partial charge in [-0.1, -0.05) is 0 Å². The number of rotatable bonds is 5. The molecule has 0 aromatic rings. The first-order valence-corrected chi connectivity index (χ1v) is 7.63. The van der Waals surface area contributed by atoms with Crippen molar-refractivity contribution in [2.45, 2.75) is 30.9 Å². The maximum atomic E-state index is 12.0. The molecule has 1 rings (SSSR count). The van der Waals surface area contributed by atoms with Crippen molar-refractivity contribution in [2.75, 3.05) is 26.4 Å². The fourth-order valence-corrected chi connectivity index (χ4v) is 4.09. The van der Waals surface area contributed by atoms with Crippen LogP contribution in [0.4, 0.5) is 0 Å². The first-order chi connectivity index (χ1) is 7.83. The maximum Gasteiger partial charge on any atom is 0.306 e. The number of sulfone groups is 1. The van der Waals surface area contributed by atoms with E-state index in [1.54, 1.807) is 0 Å². The predicted octanol–water partition coefficient (Wildman–Crippen LogP) is 0.606. The Hall–Kier alpha value is -0.620. The molecule has 5 nitrogen and oxygen atoms in total. The number of carboxylic acids is 1. The van der Waals surface area contributed by atoms with E-state index in [9.17, 15) is 13.2 Å². The molecule has 1 fully saturated rings. The second kappa shape index (κ2) is 5.82. The number of hydrogen-bond acceptors (Lipinski definition) is 4. The minimum atomic E-state index is -3.06. The first kappa shape index (κ1) is 14.4.